The van der Waals surface area contributed by atoms with Crippen LogP contribution in [0.3, 0.4) is 0 Å². The van der Waals surface area contributed by atoms with Gasteiger partial charge >= 0.3 is 0 Å². The first-order valence-corrected chi connectivity index (χ1v) is 20.2. The summed E-state index contributed by atoms with van der Waals surface area (Å²) >= 11 is 0. The SMILES string of the molecule is CCCCCCC/C=C/CC/C=C/C(O)C(COC1OC(CO)C(O)C(O)C1O)NC(=O)C(O)CCCCCCCCCCCCCCCC. The first-order valence-electron chi connectivity index (χ1n) is 20.2. The summed E-state index contributed by atoms with van der Waals surface area (Å²) in [5.41, 5.74) is 0. The van der Waals surface area contributed by atoms with Crippen molar-refractivity contribution in [3.05, 3.63) is 24.3 Å². The summed E-state index contributed by atoms with van der Waals surface area (Å²) in [5.74, 6) is -0.628. The number of unbranched alkanes of at least 4 members (excludes halogenated alkanes) is 19. The van der Waals surface area contributed by atoms with E-state index in [1.54, 1.807) is 6.08 Å². The molecule has 7 N–H and O–H groups in total. The van der Waals surface area contributed by atoms with Gasteiger partial charge in [-0.3, -0.25) is 4.79 Å². The van der Waals surface area contributed by atoms with Gasteiger partial charge in [-0.1, -0.05) is 154 Å². The van der Waals surface area contributed by atoms with Crippen LogP contribution in [0.25, 0.3) is 0 Å². The van der Waals surface area contributed by atoms with E-state index in [1.807, 2.05) is 6.08 Å². The molecule has 0 aromatic rings. The van der Waals surface area contributed by atoms with Gasteiger partial charge in [0.2, 0.25) is 5.91 Å². The van der Waals surface area contributed by atoms with Crippen LogP contribution in [0.4, 0.5) is 0 Å². The van der Waals surface area contributed by atoms with Crippen molar-refractivity contribution in [2.24, 2.45) is 0 Å². The van der Waals surface area contributed by atoms with Crippen LogP contribution in [0, 0.1) is 0 Å². The molecule has 1 saturated heterocycles. The van der Waals surface area contributed by atoms with Gasteiger partial charge in [0.25, 0.3) is 0 Å². The molecule has 0 aliphatic carbocycles. The zero-order valence-electron chi connectivity index (χ0n) is 31.5. The summed E-state index contributed by atoms with van der Waals surface area (Å²) in [6.45, 7) is 3.54. The fraction of sp³-hybridized carbons (Fsp3) is 0.875. The summed E-state index contributed by atoms with van der Waals surface area (Å²) in [6.07, 6.45) is 24.1. The number of ether oxygens (including phenoxy) is 2. The first-order chi connectivity index (χ1) is 24.3. The number of hydrogen-bond donors (Lipinski definition) is 7. The molecule has 0 aromatic heterocycles. The number of hydrogen-bond acceptors (Lipinski definition) is 9. The summed E-state index contributed by atoms with van der Waals surface area (Å²) in [5, 5.41) is 64.3. The summed E-state index contributed by atoms with van der Waals surface area (Å²) in [4.78, 5) is 12.9. The van der Waals surface area contributed by atoms with Crippen molar-refractivity contribution >= 4 is 5.91 Å². The van der Waals surface area contributed by atoms with E-state index < -0.39 is 61.5 Å². The highest BCUT2D eigenvalue weighted by Gasteiger charge is 2.44. The maximum absolute atomic E-state index is 12.9. The predicted molar refractivity (Wildman–Crippen MR) is 199 cm³/mol. The van der Waals surface area contributed by atoms with Crippen LogP contribution >= 0.6 is 0 Å². The Bertz CT molecular complexity index is 855. The number of allylic oxidation sites excluding steroid dienone is 3. The molecule has 0 aromatic carbocycles. The minimum absolute atomic E-state index is 0.307. The molecular formula is C40H75NO9. The molecule has 10 heteroatoms. The smallest absolute Gasteiger partial charge is 0.249 e. The molecule has 0 radical (unpaired) electrons. The maximum Gasteiger partial charge on any atom is 0.249 e. The second kappa shape index (κ2) is 31.2. The van der Waals surface area contributed by atoms with E-state index >= 15 is 0 Å². The van der Waals surface area contributed by atoms with Crippen LogP contribution in [-0.4, -0.2) is 98.7 Å². The Morgan fingerprint density at radius 2 is 1.18 bits per heavy atom. The van der Waals surface area contributed by atoms with Gasteiger partial charge in [0.15, 0.2) is 6.29 Å². The Balaban J connectivity index is 2.51. The number of aliphatic hydroxyl groups is 6. The van der Waals surface area contributed by atoms with Crippen molar-refractivity contribution in [2.45, 2.75) is 210 Å². The average molecular weight is 714 g/mol. The Morgan fingerprint density at radius 1 is 0.680 bits per heavy atom. The zero-order valence-corrected chi connectivity index (χ0v) is 31.5. The lowest BCUT2D eigenvalue weighted by Crippen LogP contribution is -2.60. The maximum atomic E-state index is 12.9. The van der Waals surface area contributed by atoms with Crippen molar-refractivity contribution in [1.29, 1.82) is 0 Å². The number of rotatable bonds is 32. The number of carbonyl (C=O) groups is 1. The molecule has 0 saturated carbocycles. The number of amides is 1. The molecule has 0 spiro atoms. The summed E-state index contributed by atoms with van der Waals surface area (Å²) < 4.78 is 11.1. The topological polar surface area (TPSA) is 169 Å². The number of nitrogens with one attached hydrogen (secondary N) is 1. The van der Waals surface area contributed by atoms with Crippen LogP contribution < -0.4 is 5.32 Å². The third kappa shape index (κ3) is 21.9. The van der Waals surface area contributed by atoms with Crippen LogP contribution in [0.2, 0.25) is 0 Å². The number of carbonyl (C=O) groups excluding carboxylic acids is 1. The van der Waals surface area contributed by atoms with E-state index in [2.05, 4.69) is 31.3 Å². The summed E-state index contributed by atoms with van der Waals surface area (Å²) in [6, 6.07) is -0.990. The third-order valence-corrected chi connectivity index (χ3v) is 9.64. The standard InChI is InChI=1S/C40H75NO9/c1-3-5-7-9-11-13-15-16-17-19-21-23-25-27-29-34(44)39(48)41-32(31-49-40-38(47)37(46)36(45)35(30-42)50-40)33(43)28-26-24-22-20-18-14-12-10-8-6-4-2/h18,20,26,28,32-38,40,42-47H,3-17,19,21-25,27,29-31H2,1-2H3,(H,41,48)/b20-18+,28-26+. The van der Waals surface area contributed by atoms with E-state index in [4.69, 9.17) is 9.47 Å². The fourth-order valence-corrected chi connectivity index (χ4v) is 6.24. The number of aliphatic hydroxyl groups excluding tert-OH is 6. The van der Waals surface area contributed by atoms with Crippen LogP contribution in [0.15, 0.2) is 24.3 Å². The Kier molecular flexibility index (Phi) is 29.1. The van der Waals surface area contributed by atoms with Gasteiger partial charge in [0, 0.05) is 0 Å². The minimum Gasteiger partial charge on any atom is -0.394 e. The lowest BCUT2D eigenvalue weighted by molar-refractivity contribution is -0.302. The average Bonchev–Trinajstić information content (AvgIpc) is 3.11. The van der Waals surface area contributed by atoms with E-state index in [0.717, 1.165) is 32.1 Å². The minimum atomic E-state index is -1.61. The highest BCUT2D eigenvalue weighted by Crippen LogP contribution is 2.22. The van der Waals surface area contributed by atoms with Crippen molar-refractivity contribution in [1.82, 2.24) is 5.32 Å². The van der Waals surface area contributed by atoms with Gasteiger partial charge < -0.3 is 45.4 Å². The van der Waals surface area contributed by atoms with E-state index in [0.29, 0.717) is 19.3 Å². The van der Waals surface area contributed by atoms with Gasteiger partial charge in [-0.25, -0.2) is 0 Å². The highest BCUT2D eigenvalue weighted by atomic mass is 16.7. The van der Waals surface area contributed by atoms with Crippen molar-refractivity contribution < 1.29 is 44.9 Å². The van der Waals surface area contributed by atoms with Crippen molar-refractivity contribution in [2.75, 3.05) is 13.2 Å². The van der Waals surface area contributed by atoms with Crippen LogP contribution in [0.1, 0.15) is 162 Å². The second-order valence-electron chi connectivity index (χ2n) is 14.2. The van der Waals surface area contributed by atoms with Crippen LogP contribution in [0.5, 0.6) is 0 Å². The summed E-state index contributed by atoms with van der Waals surface area (Å²) in [7, 11) is 0. The van der Waals surface area contributed by atoms with Gasteiger partial charge in [0.05, 0.1) is 25.4 Å². The molecule has 10 nitrogen and oxygen atoms in total. The van der Waals surface area contributed by atoms with E-state index in [9.17, 15) is 35.4 Å². The molecule has 294 valence electrons. The Labute approximate surface area is 303 Å². The van der Waals surface area contributed by atoms with E-state index in [-0.39, 0.29) is 6.61 Å². The lowest BCUT2D eigenvalue weighted by Gasteiger charge is -2.40. The fourth-order valence-electron chi connectivity index (χ4n) is 6.24. The van der Waals surface area contributed by atoms with Gasteiger partial charge in [-0.2, -0.15) is 0 Å². The molecule has 1 rings (SSSR count). The van der Waals surface area contributed by atoms with E-state index in [1.165, 1.54) is 96.3 Å². The molecule has 50 heavy (non-hydrogen) atoms. The Morgan fingerprint density at radius 3 is 1.74 bits per heavy atom. The molecular weight excluding hydrogens is 638 g/mol. The molecule has 1 amide bonds. The molecule has 0 bridgehead atoms. The highest BCUT2D eigenvalue weighted by molar-refractivity contribution is 5.80. The van der Waals surface area contributed by atoms with Gasteiger partial charge in [0.1, 0.15) is 30.5 Å². The Hall–Kier alpha value is -1.37. The normalized spacial score (nSPS) is 23.1. The predicted octanol–water partition coefficient (Wildman–Crippen LogP) is 6.13. The third-order valence-electron chi connectivity index (χ3n) is 9.64. The molecule has 1 fully saturated rings. The van der Waals surface area contributed by atoms with Crippen molar-refractivity contribution in [3.63, 3.8) is 0 Å². The quantitative estimate of drug-likeness (QED) is 0.0320. The van der Waals surface area contributed by atoms with Crippen molar-refractivity contribution in [3.8, 4) is 0 Å². The second-order valence-corrected chi connectivity index (χ2v) is 14.2. The van der Waals surface area contributed by atoms with Crippen LogP contribution in [-0.2, 0) is 14.3 Å². The lowest BCUT2D eigenvalue weighted by atomic mass is 9.99. The molecule has 8 atom stereocenters. The largest absolute Gasteiger partial charge is 0.394 e. The van der Waals surface area contributed by atoms with Gasteiger partial charge in [-0.15, -0.1) is 0 Å². The van der Waals surface area contributed by atoms with Gasteiger partial charge in [-0.05, 0) is 32.1 Å². The monoisotopic (exact) mass is 714 g/mol. The molecule has 8 unspecified atom stereocenters. The first kappa shape index (κ1) is 46.7. The molecule has 1 aliphatic rings. The zero-order chi connectivity index (χ0) is 36.8. The molecule has 1 heterocycles. The molecule has 1 aliphatic heterocycles.